The van der Waals surface area contributed by atoms with Gasteiger partial charge in [0.15, 0.2) is 5.82 Å². The number of hydrogen-bond acceptors (Lipinski definition) is 7. The van der Waals surface area contributed by atoms with Gasteiger partial charge in [-0.3, -0.25) is 0 Å². The smallest absolute Gasteiger partial charge is 0.242 e. The van der Waals surface area contributed by atoms with Crippen LogP contribution >= 0.6 is 0 Å². The van der Waals surface area contributed by atoms with Crippen LogP contribution in [0.1, 0.15) is 11.5 Å². The Labute approximate surface area is 102 Å². The molecule has 2 heterocycles. The van der Waals surface area contributed by atoms with E-state index >= 15 is 0 Å². The molecule has 0 atom stereocenters. The molecule has 2 aromatic rings. The highest BCUT2D eigenvalue weighted by Gasteiger charge is 2.15. The van der Waals surface area contributed by atoms with E-state index in [0.29, 0.717) is 0 Å². The van der Waals surface area contributed by atoms with Crippen molar-refractivity contribution in [3.05, 3.63) is 29.8 Å². The van der Waals surface area contributed by atoms with Gasteiger partial charge in [0.05, 0.1) is 6.54 Å². The van der Waals surface area contributed by atoms with Crippen LogP contribution < -0.4 is 4.72 Å². The highest BCUT2D eigenvalue weighted by molar-refractivity contribution is 7.89. The molecule has 0 saturated carbocycles. The van der Waals surface area contributed by atoms with Gasteiger partial charge in [0, 0.05) is 6.20 Å². The van der Waals surface area contributed by atoms with E-state index in [0.717, 1.165) is 6.20 Å². The third-order valence-corrected chi connectivity index (χ3v) is 3.36. The monoisotopic (exact) mass is 265 g/mol. The summed E-state index contributed by atoms with van der Waals surface area (Å²) in [6.45, 7) is -0.0845. The lowest BCUT2D eigenvalue weighted by Crippen LogP contribution is -2.24. The Morgan fingerprint density at radius 1 is 1.44 bits per heavy atom. The Bertz CT molecular complexity index is 656. The minimum atomic E-state index is -3.70. The average Bonchev–Trinajstić information content (AvgIpc) is 2.90. The Balaban J connectivity index is 2.13. The normalized spacial score (nSPS) is 11.1. The van der Waals surface area contributed by atoms with Crippen LogP contribution in [0.25, 0.3) is 0 Å². The van der Waals surface area contributed by atoms with Crippen LogP contribution in [0.5, 0.6) is 0 Å². The van der Waals surface area contributed by atoms with Gasteiger partial charge >= 0.3 is 0 Å². The predicted molar refractivity (Wildman–Crippen MR) is 57.2 cm³/mol. The molecule has 9 nitrogen and oxygen atoms in total. The second-order valence-electron chi connectivity index (χ2n) is 3.14. The van der Waals surface area contributed by atoms with Gasteiger partial charge in [-0.1, -0.05) is 5.21 Å². The highest BCUT2D eigenvalue weighted by Crippen LogP contribution is 2.07. The molecule has 0 radical (unpaired) electrons. The van der Waals surface area contributed by atoms with Gasteiger partial charge in [0.25, 0.3) is 0 Å². The number of H-pyrrole nitrogens is 1. The topological polar surface area (TPSA) is 137 Å². The lowest BCUT2D eigenvalue weighted by atomic mass is 10.4. The van der Waals surface area contributed by atoms with Crippen molar-refractivity contribution < 1.29 is 8.42 Å². The molecule has 0 aliphatic heterocycles. The first-order chi connectivity index (χ1) is 8.62. The Morgan fingerprint density at radius 2 is 2.28 bits per heavy atom. The predicted octanol–water partition coefficient (Wildman–Crippen LogP) is -1.06. The summed E-state index contributed by atoms with van der Waals surface area (Å²) < 4.78 is 25.9. The minimum absolute atomic E-state index is 0.0370. The lowest BCUT2D eigenvalue weighted by molar-refractivity contribution is 0.579. The SMILES string of the molecule is N#Cc1ccc(S(=O)(=O)NCc2nn[nH]n2)cn1. The van der Waals surface area contributed by atoms with Crippen molar-refractivity contribution in [3.63, 3.8) is 0 Å². The lowest BCUT2D eigenvalue weighted by Gasteiger charge is -2.03. The first kappa shape index (κ1) is 12.1. The number of tetrazole rings is 1. The molecule has 0 aliphatic rings. The molecule has 0 fully saturated rings. The van der Waals surface area contributed by atoms with E-state index < -0.39 is 10.0 Å². The molecule has 10 heteroatoms. The molecule has 2 N–H and O–H groups in total. The minimum Gasteiger partial charge on any atom is -0.244 e. The number of nitriles is 1. The van der Waals surface area contributed by atoms with Crippen molar-refractivity contribution in [2.24, 2.45) is 0 Å². The quantitative estimate of drug-likeness (QED) is 0.718. The van der Waals surface area contributed by atoms with Crippen molar-refractivity contribution in [2.75, 3.05) is 0 Å². The number of hydrogen-bond donors (Lipinski definition) is 2. The highest BCUT2D eigenvalue weighted by atomic mass is 32.2. The number of aromatic nitrogens is 5. The van der Waals surface area contributed by atoms with Gasteiger partial charge in [-0.05, 0) is 12.1 Å². The zero-order valence-corrected chi connectivity index (χ0v) is 9.72. The van der Waals surface area contributed by atoms with Crippen molar-refractivity contribution in [1.29, 1.82) is 5.26 Å². The third kappa shape index (κ3) is 2.65. The fraction of sp³-hybridized carbons (Fsp3) is 0.125. The van der Waals surface area contributed by atoms with E-state index in [1.54, 1.807) is 6.07 Å². The van der Waals surface area contributed by atoms with Crippen LogP contribution in [0.15, 0.2) is 23.2 Å². The van der Waals surface area contributed by atoms with E-state index in [-0.39, 0.29) is 23.0 Å². The fourth-order valence-electron chi connectivity index (χ4n) is 1.11. The summed E-state index contributed by atoms with van der Waals surface area (Å²) in [6, 6.07) is 4.42. The molecule has 0 aliphatic carbocycles. The first-order valence-electron chi connectivity index (χ1n) is 4.70. The van der Waals surface area contributed by atoms with Crippen LogP contribution in [-0.4, -0.2) is 34.0 Å². The van der Waals surface area contributed by atoms with Gasteiger partial charge in [0.2, 0.25) is 10.0 Å². The average molecular weight is 265 g/mol. The first-order valence-corrected chi connectivity index (χ1v) is 6.18. The number of aromatic amines is 1. The summed E-state index contributed by atoms with van der Waals surface area (Å²) in [5.74, 6) is 0.222. The molecule has 92 valence electrons. The van der Waals surface area contributed by atoms with Crippen molar-refractivity contribution in [3.8, 4) is 6.07 Å². The van der Waals surface area contributed by atoms with Gasteiger partial charge in [0.1, 0.15) is 16.7 Å². The molecule has 0 amide bonds. The number of nitrogens with zero attached hydrogens (tertiary/aromatic N) is 5. The van der Waals surface area contributed by atoms with Gasteiger partial charge < -0.3 is 0 Å². The molecule has 2 rings (SSSR count). The molecule has 18 heavy (non-hydrogen) atoms. The number of nitrogens with one attached hydrogen (secondary N) is 2. The van der Waals surface area contributed by atoms with Gasteiger partial charge in [-0.25, -0.2) is 18.1 Å². The van der Waals surface area contributed by atoms with Crippen LogP contribution in [-0.2, 0) is 16.6 Å². The zero-order chi connectivity index (χ0) is 13.0. The van der Waals surface area contributed by atoms with Crippen molar-refractivity contribution >= 4 is 10.0 Å². The molecule has 0 spiro atoms. The van der Waals surface area contributed by atoms with E-state index in [1.807, 2.05) is 0 Å². The second-order valence-corrected chi connectivity index (χ2v) is 4.91. The van der Waals surface area contributed by atoms with E-state index in [1.165, 1.54) is 12.1 Å². The fourth-order valence-corrected chi connectivity index (χ4v) is 2.03. The van der Waals surface area contributed by atoms with Gasteiger partial charge in [-0.2, -0.15) is 10.5 Å². The summed E-state index contributed by atoms with van der Waals surface area (Å²) in [5.41, 5.74) is 0.145. The maximum Gasteiger partial charge on any atom is 0.242 e. The molecule has 0 saturated heterocycles. The molecule has 2 aromatic heterocycles. The zero-order valence-electron chi connectivity index (χ0n) is 8.90. The number of sulfonamides is 1. The summed E-state index contributed by atoms with van der Waals surface area (Å²) in [6.07, 6.45) is 1.11. The van der Waals surface area contributed by atoms with Crippen LogP contribution in [0.2, 0.25) is 0 Å². The number of pyridine rings is 1. The summed E-state index contributed by atoms with van der Waals surface area (Å²) in [7, 11) is -3.70. The maximum absolute atomic E-state index is 11.8. The second kappa shape index (κ2) is 4.86. The molecular weight excluding hydrogens is 258 g/mol. The summed E-state index contributed by atoms with van der Waals surface area (Å²) >= 11 is 0. The third-order valence-electron chi connectivity index (χ3n) is 1.97. The van der Waals surface area contributed by atoms with Crippen LogP contribution in [0.3, 0.4) is 0 Å². The Hall–Kier alpha value is -2.38. The number of rotatable bonds is 4. The van der Waals surface area contributed by atoms with Crippen molar-refractivity contribution in [1.82, 2.24) is 30.3 Å². The van der Waals surface area contributed by atoms with Gasteiger partial charge in [-0.15, -0.1) is 10.2 Å². The Kier molecular flexibility index (Phi) is 3.26. The summed E-state index contributed by atoms with van der Waals surface area (Å²) in [4.78, 5) is 3.64. The van der Waals surface area contributed by atoms with E-state index in [2.05, 4.69) is 30.3 Å². The van der Waals surface area contributed by atoms with E-state index in [4.69, 9.17) is 5.26 Å². The molecular formula is C8H7N7O2S. The molecule has 0 aromatic carbocycles. The van der Waals surface area contributed by atoms with Crippen LogP contribution in [0, 0.1) is 11.3 Å². The largest absolute Gasteiger partial charge is 0.244 e. The summed E-state index contributed by atoms with van der Waals surface area (Å²) in [5, 5.41) is 21.3. The standard InChI is InChI=1S/C8H7N7O2S/c9-3-6-1-2-7(4-10-6)18(16,17)11-5-8-12-14-15-13-8/h1-2,4,11H,5H2,(H,12,13,14,15). The maximum atomic E-state index is 11.8. The Morgan fingerprint density at radius 3 is 2.83 bits per heavy atom. The van der Waals surface area contributed by atoms with Crippen molar-refractivity contribution in [2.45, 2.75) is 11.4 Å². The molecule has 0 unspecified atom stereocenters. The van der Waals surface area contributed by atoms with E-state index in [9.17, 15) is 8.42 Å². The van der Waals surface area contributed by atoms with Crippen LogP contribution in [0.4, 0.5) is 0 Å². The molecule has 0 bridgehead atoms.